The van der Waals surface area contributed by atoms with E-state index in [1.807, 2.05) is 0 Å². The second-order valence-corrected chi connectivity index (χ2v) is 8.48. The van der Waals surface area contributed by atoms with Gasteiger partial charge in [0.2, 0.25) is 0 Å². The molecule has 3 aromatic rings. The minimum absolute atomic E-state index is 0.00217. The molecule has 8 nitrogen and oxygen atoms in total. The van der Waals surface area contributed by atoms with Crippen LogP contribution in [-0.2, 0) is 14.8 Å². The highest BCUT2D eigenvalue weighted by molar-refractivity contribution is 7.92. The van der Waals surface area contributed by atoms with Gasteiger partial charge in [-0.05, 0) is 55.0 Å². The van der Waals surface area contributed by atoms with Gasteiger partial charge < -0.3 is 9.84 Å². The summed E-state index contributed by atoms with van der Waals surface area (Å²) in [5.41, 5.74) is 3.29. The van der Waals surface area contributed by atoms with Gasteiger partial charge in [0, 0.05) is 0 Å². The Balaban J connectivity index is 1.76. The van der Waals surface area contributed by atoms with Crippen LogP contribution < -0.4 is 14.5 Å². The van der Waals surface area contributed by atoms with Crippen LogP contribution in [0.1, 0.15) is 12.5 Å². The molecule has 0 spiro atoms. The molecular formula is C23H23N3O5S. The molecule has 0 aliphatic carbocycles. The quantitative estimate of drug-likeness (QED) is 0.382. The van der Waals surface area contributed by atoms with Gasteiger partial charge >= 0.3 is 0 Å². The van der Waals surface area contributed by atoms with Crippen LogP contribution in [0.5, 0.6) is 11.5 Å². The Morgan fingerprint density at radius 2 is 1.72 bits per heavy atom. The van der Waals surface area contributed by atoms with Crippen LogP contribution in [0.3, 0.4) is 0 Å². The molecule has 0 radical (unpaired) electrons. The van der Waals surface area contributed by atoms with Gasteiger partial charge in [0.05, 0.1) is 23.4 Å². The highest BCUT2D eigenvalue weighted by Crippen LogP contribution is 2.26. The Labute approximate surface area is 186 Å². The molecule has 32 heavy (non-hydrogen) atoms. The lowest BCUT2D eigenvalue weighted by molar-refractivity contribution is -0.119. The molecule has 3 aromatic carbocycles. The van der Waals surface area contributed by atoms with E-state index in [1.165, 1.54) is 24.4 Å². The van der Waals surface area contributed by atoms with E-state index in [-0.39, 0.29) is 10.6 Å². The minimum Gasteiger partial charge on any atom is -0.504 e. The molecule has 0 heterocycles. The first-order valence-electron chi connectivity index (χ1n) is 9.82. The van der Waals surface area contributed by atoms with Crippen LogP contribution in [0.15, 0.2) is 88.9 Å². The molecule has 0 aliphatic rings. The Morgan fingerprint density at radius 3 is 2.38 bits per heavy atom. The summed E-state index contributed by atoms with van der Waals surface area (Å²) in [4.78, 5) is 12.6. The Morgan fingerprint density at radius 1 is 1.06 bits per heavy atom. The van der Waals surface area contributed by atoms with Gasteiger partial charge in [-0.2, -0.15) is 5.10 Å². The topological polar surface area (TPSA) is 108 Å². The molecule has 2 N–H and O–H groups in total. The Kier molecular flexibility index (Phi) is 7.45. The van der Waals surface area contributed by atoms with Gasteiger partial charge in [0.1, 0.15) is 6.54 Å². The molecule has 0 fully saturated rings. The number of hydrazone groups is 1. The Bertz CT molecular complexity index is 1180. The predicted molar refractivity (Wildman–Crippen MR) is 122 cm³/mol. The molecule has 0 saturated heterocycles. The number of aromatic hydroxyl groups is 1. The third kappa shape index (κ3) is 5.64. The summed E-state index contributed by atoms with van der Waals surface area (Å²) in [6.45, 7) is 1.72. The van der Waals surface area contributed by atoms with Crippen LogP contribution in [0, 0.1) is 0 Å². The fraction of sp³-hybridized carbons (Fsp3) is 0.130. The van der Waals surface area contributed by atoms with Gasteiger partial charge in [-0.3, -0.25) is 9.10 Å². The van der Waals surface area contributed by atoms with Gasteiger partial charge in [-0.25, -0.2) is 13.8 Å². The largest absolute Gasteiger partial charge is 0.504 e. The first-order chi connectivity index (χ1) is 15.4. The smallest absolute Gasteiger partial charge is 0.264 e. The van der Waals surface area contributed by atoms with Crippen molar-refractivity contribution in [2.75, 3.05) is 17.5 Å². The number of phenols is 1. The lowest BCUT2D eigenvalue weighted by Crippen LogP contribution is -2.39. The van der Waals surface area contributed by atoms with Crippen LogP contribution in [-0.4, -0.2) is 38.8 Å². The van der Waals surface area contributed by atoms with Gasteiger partial charge in [0.25, 0.3) is 15.9 Å². The number of rotatable bonds is 9. The third-order valence-electron chi connectivity index (χ3n) is 4.35. The zero-order valence-electron chi connectivity index (χ0n) is 17.4. The summed E-state index contributed by atoms with van der Waals surface area (Å²) < 4.78 is 32.7. The van der Waals surface area contributed by atoms with E-state index in [1.54, 1.807) is 67.6 Å². The van der Waals surface area contributed by atoms with Crippen LogP contribution in [0.2, 0.25) is 0 Å². The lowest BCUT2D eigenvalue weighted by atomic mass is 10.2. The Hall–Kier alpha value is -3.85. The van der Waals surface area contributed by atoms with Crippen molar-refractivity contribution in [3.63, 3.8) is 0 Å². The van der Waals surface area contributed by atoms with Crippen molar-refractivity contribution >= 4 is 27.8 Å². The molecule has 166 valence electrons. The molecular weight excluding hydrogens is 430 g/mol. The first-order valence-corrected chi connectivity index (χ1v) is 11.3. The number of para-hydroxylation sites is 1. The maximum Gasteiger partial charge on any atom is 0.264 e. The maximum absolute atomic E-state index is 13.2. The van der Waals surface area contributed by atoms with E-state index in [0.29, 0.717) is 23.6 Å². The SMILES string of the molecule is CCOc1cc(/C=N\NC(=O)CN(c2ccccc2)S(=O)(=O)c2ccccc2)ccc1O. The minimum atomic E-state index is -3.97. The summed E-state index contributed by atoms with van der Waals surface area (Å²) in [5, 5.41) is 13.6. The van der Waals surface area contributed by atoms with E-state index in [0.717, 1.165) is 4.31 Å². The fourth-order valence-electron chi connectivity index (χ4n) is 2.86. The standard InChI is InChI=1S/C23H23N3O5S/c1-2-31-22-15-18(13-14-21(22)27)16-24-25-23(28)17-26(19-9-5-3-6-10-19)32(29,30)20-11-7-4-8-12-20/h3-16,27H,2,17H2,1H3,(H,25,28)/b24-16-. The highest BCUT2D eigenvalue weighted by Gasteiger charge is 2.26. The van der Waals surface area contributed by atoms with E-state index in [9.17, 15) is 18.3 Å². The molecule has 0 saturated carbocycles. The van der Waals surface area contributed by atoms with Crippen molar-refractivity contribution in [2.45, 2.75) is 11.8 Å². The summed E-state index contributed by atoms with van der Waals surface area (Å²) in [6, 6.07) is 20.9. The monoisotopic (exact) mass is 453 g/mol. The van der Waals surface area contributed by atoms with E-state index < -0.39 is 22.5 Å². The van der Waals surface area contributed by atoms with Crippen molar-refractivity contribution < 1.29 is 23.1 Å². The number of hydrogen-bond donors (Lipinski definition) is 2. The van der Waals surface area contributed by atoms with E-state index in [4.69, 9.17) is 4.74 Å². The lowest BCUT2D eigenvalue weighted by Gasteiger charge is -2.23. The normalized spacial score (nSPS) is 11.3. The molecule has 9 heteroatoms. The van der Waals surface area contributed by atoms with Crippen molar-refractivity contribution in [3.05, 3.63) is 84.4 Å². The molecule has 0 bridgehead atoms. The first kappa shape index (κ1) is 22.8. The van der Waals surface area contributed by atoms with Gasteiger partial charge in [-0.1, -0.05) is 36.4 Å². The number of nitrogens with one attached hydrogen (secondary N) is 1. The van der Waals surface area contributed by atoms with Crippen molar-refractivity contribution in [1.82, 2.24) is 5.43 Å². The zero-order chi connectivity index (χ0) is 23.0. The summed E-state index contributed by atoms with van der Waals surface area (Å²) in [5.74, 6) is -0.321. The number of anilines is 1. The van der Waals surface area contributed by atoms with Crippen molar-refractivity contribution in [2.24, 2.45) is 5.10 Å². The van der Waals surface area contributed by atoms with Gasteiger partial charge in [-0.15, -0.1) is 0 Å². The number of carbonyl (C=O) groups excluding carboxylic acids is 1. The summed E-state index contributed by atoms with van der Waals surface area (Å²) in [7, 11) is -3.97. The number of sulfonamides is 1. The second kappa shape index (κ2) is 10.5. The zero-order valence-corrected chi connectivity index (χ0v) is 18.2. The number of nitrogens with zero attached hydrogens (tertiary/aromatic N) is 2. The second-order valence-electron chi connectivity index (χ2n) is 6.61. The molecule has 3 rings (SSSR count). The average molecular weight is 454 g/mol. The van der Waals surface area contributed by atoms with Gasteiger partial charge in [0.15, 0.2) is 11.5 Å². The molecule has 1 amide bonds. The number of phenolic OH excluding ortho intramolecular Hbond substituents is 1. The molecule has 0 unspecified atom stereocenters. The number of ether oxygens (including phenoxy) is 1. The number of amides is 1. The average Bonchev–Trinajstić information content (AvgIpc) is 2.81. The van der Waals surface area contributed by atoms with Crippen LogP contribution in [0.4, 0.5) is 5.69 Å². The number of carbonyl (C=O) groups is 1. The van der Waals surface area contributed by atoms with Crippen molar-refractivity contribution in [3.8, 4) is 11.5 Å². The predicted octanol–water partition coefficient (Wildman–Crippen LogP) is 3.14. The number of hydrogen-bond acceptors (Lipinski definition) is 6. The third-order valence-corrected chi connectivity index (χ3v) is 6.14. The summed E-state index contributed by atoms with van der Waals surface area (Å²) in [6.07, 6.45) is 1.37. The fourth-order valence-corrected chi connectivity index (χ4v) is 4.30. The van der Waals surface area contributed by atoms with Crippen LogP contribution >= 0.6 is 0 Å². The van der Waals surface area contributed by atoms with Crippen molar-refractivity contribution in [1.29, 1.82) is 0 Å². The molecule has 0 aliphatic heterocycles. The number of benzene rings is 3. The highest BCUT2D eigenvalue weighted by atomic mass is 32.2. The summed E-state index contributed by atoms with van der Waals surface area (Å²) >= 11 is 0. The van der Waals surface area contributed by atoms with Crippen LogP contribution in [0.25, 0.3) is 0 Å². The molecule has 0 aromatic heterocycles. The molecule has 0 atom stereocenters. The van der Waals surface area contributed by atoms with E-state index in [2.05, 4.69) is 10.5 Å². The maximum atomic E-state index is 13.2. The van der Waals surface area contributed by atoms with E-state index >= 15 is 0 Å².